The van der Waals surface area contributed by atoms with E-state index in [-0.39, 0.29) is 5.97 Å². The van der Waals surface area contributed by atoms with Crippen LogP contribution in [0.3, 0.4) is 0 Å². The lowest BCUT2D eigenvalue weighted by Gasteiger charge is -1.99. The predicted molar refractivity (Wildman–Crippen MR) is 44.0 cm³/mol. The lowest BCUT2D eigenvalue weighted by Crippen LogP contribution is -2.06. The number of rotatable bonds is 3. The van der Waals surface area contributed by atoms with Crippen molar-refractivity contribution in [3.63, 3.8) is 0 Å². The minimum atomic E-state index is -0.206. The Balaban J connectivity index is 2.52. The van der Waals surface area contributed by atoms with Gasteiger partial charge in [0.25, 0.3) is 0 Å². The van der Waals surface area contributed by atoms with Crippen LogP contribution in [0.2, 0.25) is 0 Å². The third-order valence-corrected chi connectivity index (χ3v) is 1.49. The average Bonchev–Trinajstić information content (AvgIpc) is 2.37. The van der Waals surface area contributed by atoms with Crippen LogP contribution in [0.5, 0.6) is 5.75 Å². The first-order chi connectivity index (χ1) is 5.74. The van der Waals surface area contributed by atoms with Crippen LogP contribution in [0, 0.1) is 6.92 Å². The molecule has 3 heteroatoms. The van der Waals surface area contributed by atoms with Crippen molar-refractivity contribution < 1.29 is 13.9 Å². The zero-order valence-electron chi connectivity index (χ0n) is 7.29. The number of aryl methyl sites for hydroxylation is 1. The van der Waals surface area contributed by atoms with E-state index in [4.69, 9.17) is 9.15 Å². The van der Waals surface area contributed by atoms with Gasteiger partial charge >= 0.3 is 5.97 Å². The van der Waals surface area contributed by atoms with Crippen molar-refractivity contribution in [1.29, 1.82) is 0 Å². The second-order valence-electron chi connectivity index (χ2n) is 2.57. The van der Waals surface area contributed by atoms with E-state index in [1.54, 1.807) is 13.0 Å². The summed E-state index contributed by atoms with van der Waals surface area (Å²) in [7, 11) is 0. The molecular formula is C9H12O3. The summed E-state index contributed by atoms with van der Waals surface area (Å²) < 4.78 is 9.96. The number of hydrogen-bond acceptors (Lipinski definition) is 3. The normalized spacial score (nSPS) is 9.83. The molecule has 1 rings (SSSR count). The fourth-order valence-corrected chi connectivity index (χ4v) is 0.857. The molecule has 0 aliphatic rings. The highest BCUT2D eigenvalue weighted by Crippen LogP contribution is 2.18. The third-order valence-electron chi connectivity index (χ3n) is 1.49. The van der Waals surface area contributed by atoms with Crippen molar-refractivity contribution in [3.05, 3.63) is 18.1 Å². The fraction of sp³-hybridized carbons (Fsp3) is 0.444. The standard InChI is InChI=1S/C9H12O3/c1-3-4-9(10)12-8-5-6-11-7(8)2/h5-6H,3-4H2,1-2H3. The smallest absolute Gasteiger partial charge is 0.311 e. The molecule has 3 nitrogen and oxygen atoms in total. The van der Waals surface area contributed by atoms with E-state index < -0.39 is 0 Å². The molecule has 0 radical (unpaired) electrons. The van der Waals surface area contributed by atoms with Gasteiger partial charge in [0.05, 0.1) is 6.26 Å². The number of furan rings is 1. The quantitative estimate of drug-likeness (QED) is 0.650. The zero-order valence-corrected chi connectivity index (χ0v) is 7.29. The molecule has 0 saturated carbocycles. The minimum Gasteiger partial charge on any atom is -0.466 e. The van der Waals surface area contributed by atoms with Crippen LogP contribution in [-0.4, -0.2) is 5.97 Å². The number of esters is 1. The van der Waals surface area contributed by atoms with Crippen LogP contribution in [0.1, 0.15) is 25.5 Å². The fourth-order valence-electron chi connectivity index (χ4n) is 0.857. The first-order valence-corrected chi connectivity index (χ1v) is 3.98. The van der Waals surface area contributed by atoms with Crippen molar-refractivity contribution in [2.45, 2.75) is 26.7 Å². The van der Waals surface area contributed by atoms with Gasteiger partial charge in [0.15, 0.2) is 5.75 Å². The van der Waals surface area contributed by atoms with Gasteiger partial charge in [-0.2, -0.15) is 0 Å². The Bertz CT molecular complexity index is 262. The molecule has 0 unspecified atom stereocenters. The van der Waals surface area contributed by atoms with Gasteiger partial charge in [-0.25, -0.2) is 0 Å². The van der Waals surface area contributed by atoms with Gasteiger partial charge in [-0.1, -0.05) is 6.92 Å². The molecule has 66 valence electrons. The van der Waals surface area contributed by atoms with Gasteiger partial charge in [-0.05, 0) is 13.3 Å². The molecule has 1 aromatic rings. The monoisotopic (exact) mass is 168 g/mol. The first-order valence-electron chi connectivity index (χ1n) is 3.98. The van der Waals surface area contributed by atoms with Crippen LogP contribution in [0.25, 0.3) is 0 Å². The van der Waals surface area contributed by atoms with Crippen molar-refractivity contribution in [2.24, 2.45) is 0 Å². The van der Waals surface area contributed by atoms with Crippen LogP contribution in [-0.2, 0) is 4.79 Å². The molecule has 0 atom stereocenters. The Morgan fingerprint density at radius 1 is 1.67 bits per heavy atom. The number of hydrogen-bond donors (Lipinski definition) is 0. The molecule has 0 amide bonds. The molecule has 1 heterocycles. The van der Waals surface area contributed by atoms with Crippen LogP contribution in [0.4, 0.5) is 0 Å². The molecule has 12 heavy (non-hydrogen) atoms. The van der Waals surface area contributed by atoms with Gasteiger partial charge in [0.2, 0.25) is 0 Å². The van der Waals surface area contributed by atoms with Gasteiger partial charge in [-0.15, -0.1) is 0 Å². The van der Waals surface area contributed by atoms with Gasteiger partial charge in [-0.3, -0.25) is 4.79 Å². The van der Waals surface area contributed by atoms with Gasteiger partial charge in [0, 0.05) is 12.5 Å². The molecule has 0 aliphatic carbocycles. The summed E-state index contributed by atoms with van der Waals surface area (Å²) in [6.07, 6.45) is 2.75. The summed E-state index contributed by atoms with van der Waals surface area (Å²) in [6, 6.07) is 1.64. The van der Waals surface area contributed by atoms with Crippen LogP contribution in [0.15, 0.2) is 16.7 Å². The molecule has 0 fully saturated rings. The Morgan fingerprint density at radius 2 is 2.42 bits per heavy atom. The Hall–Kier alpha value is -1.25. The average molecular weight is 168 g/mol. The SMILES string of the molecule is CCCC(=O)Oc1ccoc1C. The van der Waals surface area contributed by atoms with Crippen molar-refractivity contribution in [3.8, 4) is 5.75 Å². The summed E-state index contributed by atoms with van der Waals surface area (Å²) in [5, 5.41) is 0. The Kier molecular flexibility index (Phi) is 2.91. The lowest BCUT2D eigenvalue weighted by molar-refractivity contribution is -0.134. The topological polar surface area (TPSA) is 39.4 Å². The maximum atomic E-state index is 11.0. The van der Waals surface area contributed by atoms with Crippen molar-refractivity contribution >= 4 is 5.97 Å². The molecular weight excluding hydrogens is 156 g/mol. The molecule has 0 spiro atoms. The number of carbonyl (C=O) groups excluding carboxylic acids is 1. The zero-order chi connectivity index (χ0) is 8.97. The van der Waals surface area contributed by atoms with E-state index in [0.29, 0.717) is 17.9 Å². The number of ether oxygens (including phenoxy) is 1. The van der Waals surface area contributed by atoms with Crippen molar-refractivity contribution in [1.82, 2.24) is 0 Å². The minimum absolute atomic E-state index is 0.206. The van der Waals surface area contributed by atoms with E-state index in [1.165, 1.54) is 6.26 Å². The highest BCUT2D eigenvalue weighted by Gasteiger charge is 2.07. The predicted octanol–water partition coefficient (Wildman–Crippen LogP) is 2.29. The second-order valence-corrected chi connectivity index (χ2v) is 2.57. The maximum Gasteiger partial charge on any atom is 0.311 e. The number of carbonyl (C=O) groups is 1. The summed E-state index contributed by atoms with van der Waals surface area (Å²) >= 11 is 0. The van der Waals surface area contributed by atoms with Gasteiger partial charge < -0.3 is 9.15 Å². The molecule has 0 aromatic carbocycles. The van der Waals surface area contributed by atoms with Crippen LogP contribution >= 0.6 is 0 Å². The lowest BCUT2D eigenvalue weighted by atomic mass is 10.3. The second kappa shape index (κ2) is 3.95. The molecule has 0 aliphatic heterocycles. The highest BCUT2D eigenvalue weighted by molar-refractivity contribution is 5.72. The van der Waals surface area contributed by atoms with E-state index >= 15 is 0 Å². The maximum absolute atomic E-state index is 11.0. The summed E-state index contributed by atoms with van der Waals surface area (Å²) in [4.78, 5) is 11.0. The highest BCUT2D eigenvalue weighted by atomic mass is 16.5. The molecule has 0 bridgehead atoms. The van der Waals surface area contributed by atoms with E-state index in [9.17, 15) is 4.79 Å². The summed E-state index contributed by atoms with van der Waals surface area (Å²) in [5.74, 6) is 0.954. The van der Waals surface area contributed by atoms with E-state index in [0.717, 1.165) is 6.42 Å². The molecule has 1 aromatic heterocycles. The Morgan fingerprint density at radius 3 is 2.92 bits per heavy atom. The van der Waals surface area contributed by atoms with E-state index in [1.807, 2.05) is 6.92 Å². The molecule has 0 saturated heterocycles. The summed E-state index contributed by atoms with van der Waals surface area (Å²) in [5.41, 5.74) is 0. The summed E-state index contributed by atoms with van der Waals surface area (Å²) in [6.45, 7) is 3.69. The van der Waals surface area contributed by atoms with Crippen molar-refractivity contribution in [2.75, 3.05) is 0 Å². The first kappa shape index (κ1) is 8.84. The van der Waals surface area contributed by atoms with Gasteiger partial charge in [0.1, 0.15) is 5.76 Å². The largest absolute Gasteiger partial charge is 0.466 e. The van der Waals surface area contributed by atoms with E-state index in [2.05, 4.69) is 0 Å². The third kappa shape index (κ3) is 2.12. The molecule has 0 N–H and O–H groups in total. The van der Waals surface area contributed by atoms with Crippen LogP contribution < -0.4 is 4.74 Å². The Labute approximate surface area is 71.3 Å².